The van der Waals surface area contributed by atoms with Crippen LogP contribution in [0.15, 0.2) is 0 Å². The van der Waals surface area contributed by atoms with Crippen molar-refractivity contribution in [2.45, 2.75) is 33.2 Å². The number of carbonyl (C=O) groups excluding carboxylic acids is 1. The van der Waals surface area contributed by atoms with Gasteiger partial charge in [-0.2, -0.15) is 0 Å². The molecule has 13 heavy (non-hydrogen) atoms. The average molecular weight is 208 g/mol. The van der Waals surface area contributed by atoms with Gasteiger partial charge in [-0.05, 0) is 12.3 Å². The Labute approximate surface area is 82.6 Å². The summed E-state index contributed by atoms with van der Waals surface area (Å²) in [5.41, 5.74) is 0. The van der Waals surface area contributed by atoms with Crippen molar-refractivity contribution in [3.8, 4) is 0 Å². The zero-order chi connectivity index (χ0) is 10.6. The summed E-state index contributed by atoms with van der Waals surface area (Å²) in [4.78, 5) is 21.5. The average Bonchev–Trinajstić information content (AvgIpc) is 1.97. The molecule has 0 rings (SSSR count). The van der Waals surface area contributed by atoms with E-state index in [1.807, 2.05) is 13.8 Å². The summed E-state index contributed by atoms with van der Waals surface area (Å²) in [6, 6.07) is -0.931. The highest BCUT2D eigenvalue weighted by atomic mass is 35.5. The number of carbonyl (C=O) groups is 2. The van der Waals surface area contributed by atoms with Crippen LogP contribution in [0.2, 0.25) is 0 Å². The molecular formula is C8H14ClNO3. The standard InChI is InChI=1S/C8H14ClNO3/c1-5(2)4-7(8(12)13)10(9)6(3)11/h5,7H,4H2,1-3H3,(H,12,13). The lowest BCUT2D eigenvalue weighted by Crippen LogP contribution is -2.38. The van der Waals surface area contributed by atoms with Crippen LogP contribution in [0.3, 0.4) is 0 Å². The molecule has 76 valence electrons. The van der Waals surface area contributed by atoms with Gasteiger partial charge in [-0.25, -0.2) is 9.21 Å². The molecule has 0 radical (unpaired) electrons. The zero-order valence-corrected chi connectivity index (χ0v) is 8.71. The topological polar surface area (TPSA) is 57.6 Å². The largest absolute Gasteiger partial charge is 0.480 e. The second-order valence-electron chi connectivity index (χ2n) is 3.31. The number of aliphatic carboxylic acids is 1. The van der Waals surface area contributed by atoms with Crippen LogP contribution in [-0.4, -0.2) is 27.4 Å². The van der Waals surface area contributed by atoms with Crippen molar-refractivity contribution in [3.05, 3.63) is 0 Å². The Morgan fingerprint density at radius 1 is 1.46 bits per heavy atom. The SMILES string of the molecule is CC(=O)N(Cl)C(CC(C)C)C(=O)O. The quantitative estimate of drug-likeness (QED) is 0.711. The molecule has 0 aromatic heterocycles. The maximum absolute atomic E-state index is 10.8. The van der Waals surface area contributed by atoms with E-state index in [0.29, 0.717) is 6.42 Å². The molecule has 0 saturated heterocycles. The van der Waals surface area contributed by atoms with Gasteiger partial charge in [0.25, 0.3) is 0 Å². The Hall–Kier alpha value is -0.770. The van der Waals surface area contributed by atoms with Crippen molar-refractivity contribution in [3.63, 3.8) is 0 Å². The maximum atomic E-state index is 10.8. The molecule has 1 unspecified atom stereocenters. The fraction of sp³-hybridized carbons (Fsp3) is 0.750. The van der Waals surface area contributed by atoms with E-state index in [2.05, 4.69) is 0 Å². The fourth-order valence-corrected chi connectivity index (χ4v) is 1.12. The van der Waals surface area contributed by atoms with Gasteiger partial charge < -0.3 is 5.11 Å². The van der Waals surface area contributed by atoms with Gasteiger partial charge in [0, 0.05) is 18.7 Å². The van der Waals surface area contributed by atoms with Gasteiger partial charge >= 0.3 is 5.97 Å². The Bertz CT molecular complexity index is 206. The molecule has 5 heteroatoms. The van der Waals surface area contributed by atoms with E-state index in [0.717, 1.165) is 4.42 Å². The van der Waals surface area contributed by atoms with Crippen LogP contribution < -0.4 is 0 Å². The molecule has 0 fully saturated rings. The van der Waals surface area contributed by atoms with Crippen molar-refractivity contribution in [2.75, 3.05) is 0 Å². The van der Waals surface area contributed by atoms with Crippen LogP contribution in [-0.2, 0) is 9.59 Å². The van der Waals surface area contributed by atoms with E-state index < -0.39 is 17.9 Å². The molecular weight excluding hydrogens is 194 g/mol. The van der Waals surface area contributed by atoms with Crippen molar-refractivity contribution < 1.29 is 14.7 Å². The van der Waals surface area contributed by atoms with Crippen LogP contribution >= 0.6 is 11.8 Å². The number of rotatable bonds is 4. The minimum Gasteiger partial charge on any atom is -0.480 e. The van der Waals surface area contributed by atoms with Crippen LogP contribution in [0, 0.1) is 5.92 Å². The summed E-state index contributed by atoms with van der Waals surface area (Å²) < 4.78 is 0.738. The van der Waals surface area contributed by atoms with E-state index in [1.165, 1.54) is 6.92 Å². The van der Waals surface area contributed by atoms with Gasteiger partial charge in [0.05, 0.1) is 0 Å². The van der Waals surface area contributed by atoms with Gasteiger partial charge in [-0.3, -0.25) is 4.79 Å². The summed E-state index contributed by atoms with van der Waals surface area (Å²) in [5.74, 6) is -1.34. The molecule has 4 nitrogen and oxygen atoms in total. The first-order chi connectivity index (χ1) is 5.86. The molecule has 0 saturated carbocycles. The Morgan fingerprint density at radius 2 is 1.92 bits per heavy atom. The molecule has 1 amide bonds. The van der Waals surface area contributed by atoms with Gasteiger partial charge in [0.1, 0.15) is 6.04 Å². The smallest absolute Gasteiger partial charge is 0.327 e. The number of carboxylic acids is 1. The Kier molecular flexibility index (Phi) is 4.77. The summed E-state index contributed by atoms with van der Waals surface area (Å²) in [6.45, 7) is 4.99. The second kappa shape index (κ2) is 5.07. The van der Waals surface area contributed by atoms with E-state index >= 15 is 0 Å². The molecule has 0 aliphatic rings. The first kappa shape index (κ1) is 12.2. The molecule has 0 spiro atoms. The van der Waals surface area contributed by atoms with Crippen LogP contribution in [0.1, 0.15) is 27.2 Å². The van der Waals surface area contributed by atoms with E-state index in [-0.39, 0.29) is 5.92 Å². The number of nitrogens with zero attached hydrogens (tertiary/aromatic N) is 1. The minimum atomic E-state index is -1.07. The summed E-state index contributed by atoms with van der Waals surface area (Å²) >= 11 is 5.52. The highest BCUT2D eigenvalue weighted by Gasteiger charge is 2.27. The lowest BCUT2D eigenvalue weighted by atomic mass is 10.0. The zero-order valence-electron chi connectivity index (χ0n) is 7.95. The number of amides is 1. The van der Waals surface area contributed by atoms with Gasteiger partial charge in [-0.15, -0.1) is 0 Å². The molecule has 0 aromatic rings. The predicted molar refractivity (Wildman–Crippen MR) is 49.3 cm³/mol. The fourth-order valence-electron chi connectivity index (χ4n) is 0.956. The van der Waals surface area contributed by atoms with E-state index in [1.54, 1.807) is 0 Å². The van der Waals surface area contributed by atoms with Crippen LogP contribution in [0.5, 0.6) is 0 Å². The lowest BCUT2D eigenvalue weighted by molar-refractivity contribution is -0.146. The third-order valence-electron chi connectivity index (χ3n) is 1.55. The summed E-state index contributed by atoms with van der Waals surface area (Å²) in [5, 5.41) is 8.76. The Morgan fingerprint density at radius 3 is 2.15 bits per heavy atom. The minimum absolute atomic E-state index is 0.182. The Balaban J connectivity index is 4.42. The highest BCUT2D eigenvalue weighted by molar-refractivity contribution is 6.22. The third kappa shape index (κ3) is 4.12. The highest BCUT2D eigenvalue weighted by Crippen LogP contribution is 2.14. The molecule has 0 aromatic carbocycles. The van der Waals surface area contributed by atoms with E-state index in [9.17, 15) is 9.59 Å². The van der Waals surface area contributed by atoms with Gasteiger partial charge in [-0.1, -0.05) is 13.8 Å². The summed E-state index contributed by atoms with van der Waals surface area (Å²) in [6.07, 6.45) is 0.360. The number of hydrogen-bond acceptors (Lipinski definition) is 2. The van der Waals surface area contributed by atoms with Crippen molar-refractivity contribution in [1.82, 2.24) is 4.42 Å². The molecule has 0 heterocycles. The third-order valence-corrected chi connectivity index (χ3v) is 2.03. The number of halogens is 1. The van der Waals surface area contributed by atoms with E-state index in [4.69, 9.17) is 16.9 Å². The van der Waals surface area contributed by atoms with Gasteiger partial charge in [0.2, 0.25) is 5.91 Å². The second-order valence-corrected chi connectivity index (χ2v) is 3.68. The predicted octanol–water partition coefficient (Wildman–Crippen LogP) is 1.49. The van der Waals surface area contributed by atoms with Crippen LogP contribution in [0.25, 0.3) is 0 Å². The number of hydrogen-bond donors (Lipinski definition) is 1. The van der Waals surface area contributed by atoms with Crippen LogP contribution in [0.4, 0.5) is 0 Å². The molecule has 0 aliphatic carbocycles. The molecule has 1 N–H and O–H groups in total. The molecule has 0 bridgehead atoms. The molecule has 1 atom stereocenters. The monoisotopic (exact) mass is 207 g/mol. The van der Waals surface area contributed by atoms with Crippen molar-refractivity contribution in [2.24, 2.45) is 5.92 Å². The normalized spacial score (nSPS) is 12.7. The van der Waals surface area contributed by atoms with Gasteiger partial charge in [0.15, 0.2) is 0 Å². The first-order valence-electron chi connectivity index (χ1n) is 4.04. The number of carboxylic acid groups (broad SMARTS) is 1. The summed E-state index contributed by atoms with van der Waals surface area (Å²) in [7, 11) is 0. The lowest BCUT2D eigenvalue weighted by Gasteiger charge is -2.21. The van der Waals surface area contributed by atoms with Crippen molar-refractivity contribution in [1.29, 1.82) is 0 Å². The molecule has 0 aliphatic heterocycles. The first-order valence-corrected chi connectivity index (χ1v) is 4.38. The van der Waals surface area contributed by atoms with Crippen molar-refractivity contribution >= 4 is 23.7 Å². The maximum Gasteiger partial charge on any atom is 0.327 e.